The Morgan fingerprint density at radius 1 is 1.22 bits per heavy atom. The van der Waals surface area contributed by atoms with Crippen molar-refractivity contribution in [3.05, 3.63) is 32.2 Å². The molecule has 1 saturated carbocycles. The molecule has 1 aromatic carbocycles. The lowest BCUT2D eigenvalue weighted by molar-refractivity contribution is 0.453. The molecule has 0 saturated heterocycles. The Labute approximate surface area is 127 Å². The minimum Gasteiger partial charge on any atom is -0.324 e. The van der Waals surface area contributed by atoms with Crippen LogP contribution in [-0.4, -0.2) is 0 Å². The lowest BCUT2D eigenvalue weighted by Crippen LogP contribution is -2.12. The molecule has 0 heterocycles. The van der Waals surface area contributed by atoms with E-state index >= 15 is 0 Å². The minimum absolute atomic E-state index is 0.150. The molecule has 1 fully saturated rings. The van der Waals surface area contributed by atoms with Crippen LogP contribution in [0.3, 0.4) is 0 Å². The third kappa shape index (κ3) is 3.58. The van der Waals surface area contributed by atoms with E-state index < -0.39 is 0 Å². The molecule has 1 aromatic rings. The van der Waals surface area contributed by atoms with E-state index in [2.05, 4.69) is 50.9 Å². The molecule has 1 aliphatic carbocycles. The fourth-order valence-electron chi connectivity index (χ4n) is 2.82. The zero-order valence-corrected chi connectivity index (χ0v) is 14.1. The van der Waals surface area contributed by atoms with Crippen molar-refractivity contribution < 1.29 is 0 Å². The van der Waals surface area contributed by atoms with Crippen LogP contribution < -0.4 is 5.73 Å². The fraction of sp³-hybridized carbons (Fsp3) is 0.600. The van der Waals surface area contributed by atoms with E-state index in [-0.39, 0.29) is 6.04 Å². The maximum absolute atomic E-state index is 6.34. The summed E-state index contributed by atoms with van der Waals surface area (Å²) in [6.45, 7) is 2.10. The van der Waals surface area contributed by atoms with Crippen LogP contribution >= 0.6 is 31.9 Å². The van der Waals surface area contributed by atoms with Crippen LogP contribution in [0.4, 0.5) is 0 Å². The summed E-state index contributed by atoms with van der Waals surface area (Å²) in [5.74, 6) is 0.920. The monoisotopic (exact) mass is 373 g/mol. The van der Waals surface area contributed by atoms with Gasteiger partial charge < -0.3 is 5.73 Å². The molecule has 0 bridgehead atoms. The predicted octanol–water partition coefficient (Wildman–Crippen LogP) is 5.49. The zero-order chi connectivity index (χ0) is 13.1. The first-order chi connectivity index (χ1) is 8.58. The molecule has 0 aromatic heterocycles. The summed E-state index contributed by atoms with van der Waals surface area (Å²) in [4.78, 5) is 0. The summed E-state index contributed by atoms with van der Waals surface area (Å²) < 4.78 is 2.29. The molecule has 1 nitrogen and oxygen atoms in total. The molecule has 0 spiro atoms. The van der Waals surface area contributed by atoms with E-state index in [0.717, 1.165) is 21.3 Å². The molecule has 100 valence electrons. The van der Waals surface area contributed by atoms with Gasteiger partial charge in [-0.15, -0.1) is 0 Å². The number of rotatable bonds is 4. The van der Waals surface area contributed by atoms with Gasteiger partial charge in [-0.25, -0.2) is 0 Å². The number of nitrogens with two attached hydrogens (primary N) is 1. The summed E-state index contributed by atoms with van der Waals surface area (Å²) in [6, 6.07) is 4.46. The Balaban J connectivity index is 1.99. The van der Waals surface area contributed by atoms with Gasteiger partial charge in [-0.1, -0.05) is 57.5 Å². The lowest BCUT2D eigenvalue weighted by atomic mass is 9.95. The fourth-order valence-corrected chi connectivity index (χ4v) is 3.93. The zero-order valence-electron chi connectivity index (χ0n) is 10.9. The summed E-state index contributed by atoms with van der Waals surface area (Å²) in [5.41, 5.74) is 8.81. The van der Waals surface area contributed by atoms with Gasteiger partial charge in [0.1, 0.15) is 0 Å². The number of hydrogen-bond acceptors (Lipinski definition) is 1. The van der Waals surface area contributed by atoms with E-state index in [1.807, 2.05) is 0 Å². The number of halogens is 2. The average Bonchev–Trinajstić information content (AvgIpc) is 2.84. The van der Waals surface area contributed by atoms with Crippen molar-refractivity contribution in [2.75, 3.05) is 0 Å². The molecular formula is C15H21Br2N. The third-order valence-corrected chi connectivity index (χ3v) is 5.58. The van der Waals surface area contributed by atoms with Crippen LogP contribution in [0, 0.1) is 12.8 Å². The molecule has 0 radical (unpaired) electrons. The third-order valence-electron chi connectivity index (χ3n) is 4.04. The number of hydrogen-bond donors (Lipinski definition) is 1. The minimum atomic E-state index is 0.150. The molecule has 1 atom stereocenters. The Morgan fingerprint density at radius 3 is 2.56 bits per heavy atom. The van der Waals surface area contributed by atoms with Gasteiger partial charge >= 0.3 is 0 Å². The number of benzene rings is 1. The first-order valence-electron chi connectivity index (χ1n) is 6.79. The van der Waals surface area contributed by atoms with E-state index in [0.29, 0.717) is 0 Å². The smallest absolute Gasteiger partial charge is 0.0306 e. The van der Waals surface area contributed by atoms with Crippen molar-refractivity contribution in [1.82, 2.24) is 0 Å². The van der Waals surface area contributed by atoms with Crippen molar-refractivity contribution >= 4 is 31.9 Å². The number of aryl methyl sites for hydroxylation is 1. The highest BCUT2D eigenvalue weighted by molar-refractivity contribution is 9.11. The molecule has 18 heavy (non-hydrogen) atoms. The summed E-state index contributed by atoms with van der Waals surface area (Å²) >= 11 is 7.22. The molecule has 1 unspecified atom stereocenters. The Morgan fingerprint density at radius 2 is 1.89 bits per heavy atom. The highest BCUT2D eigenvalue weighted by Gasteiger charge is 2.18. The second kappa shape index (κ2) is 6.53. The Bertz CT molecular complexity index is 411. The average molecular weight is 375 g/mol. The molecule has 1 aliphatic rings. The van der Waals surface area contributed by atoms with E-state index in [1.54, 1.807) is 0 Å². The van der Waals surface area contributed by atoms with Crippen LogP contribution in [0.15, 0.2) is 21.1 Å². The molecule has 2 rings (SSSR count). The van der Waals surface area contributed by atoms with Gasteiger partial charge in [0.25, 0.3) is 0 Å². The molecular weight excluding hydrogens is 354 g/mol. The van der Waals surface area contributed by atoms with E-state index in [9.17, 15) is 0 Å². The van der Waals surface area contributed by atoms with Gasteiger partial charge in [-0.2, -0.15) is 0 Å². The normalized spacial score (nSPS) is 18.2. The van der Waals surface area contributed by atoms with Crippen LogP contribution in [0.2, 0.25) is 0 Å². The van der Waals surface area contributed by atoms with Crippen LogP contribution in [0.1, 0.15) is 55.7 Å². The van der Waals surface area contributed by atoms with Crippen LogP contribution in [0.5, 0.6) is 0 Å². The SMILES string of the molecule is Cc1cc(Br)c(C(N)CCC2CCCC2)cc1Br. The van der Waals surface area contributed by atoms with Crippen LogP contribution in [0.25, 0.3) is 0 Å². The molecule has 2 N–H and O–H groups in total. The van der Waals surface area contributed by atoms with Gasteiger partial charge in [0, 0.05) is 15.0 Å². The molecule has 0 amide bonds. The molecule has 0 aliphatic heterocycles. The van der Waals surface area contributed by atoms with Gasteiger partial charge in [0.2, 0.25) is 0 Å². The first kappa shape index (κ1) is 14.5. The quantitative estimate of drug-likeness (QED) is 0.740. The van der Waals surface area contributed by atoms with Crippen molar-refractivity contribution in [2.24, 2.45) is 11.7 Å². The van der Waals surface area contributed by atoms with Crippen molar-refractivity contribution in [3.63, 3.8) is 0 Å². The van der Waals surface area contributed by atoms with Gasteiger partial charge in [0.15, 0.2) is 0 Å². The first-order valence-corrected chi connectivity index (χ1v) is 8.37. The second-order valence-electron chi connectivity index (χ2n) is 5.46. The van der Waals surface area contributed by atoms with Crippen molar-refractivity contribution in [3.8, 4) is 0 Å². The van der Waals surface area contributed by atoms with E-state index in [1.165, 1.54) is 43.2 Å². The second-order valence-corrected chi connectivity index (χ2v) is 7.17. The van der Waals surface area contributed by atoms with Gasteiger partial charge in [-0.3, -0.25) is 0 Å². The summed E-state index contributed by atoms with van der Waals surface area (Å²) in [5, 5.41) is 0. The molecule has 3 heteroatoms. The maximum Gasteiger partial charge on any atom is 0.0306 e. The highest BCUT2D eigenvalue weighted by Crippen LogP contribution is 2.34. The Hall–Kier alpha value is 0.140. The van der Waals surface area contributed by atoms with Crippen molar-refractivity contribution in [2.45, 2.75) is 51.5 Å². The predicted molar refractivity (Wildman–Crippen MR) is 84.7 cm³/mol. The topological polar surface area (TPSA) is 26.0 Å². The largest absolute Gasteiger partial charge is 0.324 e. The summed E-state index contributed by atoms with van der Waals surface area (Å²) in [6.07, 6.45) is 8.02. The maximum atomic E-state index is 6.34. The standard InChI is InChI=1S/C15H21Br2N/c1-10-8-14(17)12(9-13(10)16)15(18)7-6-11-4-2-3-5-11/h8-9,11,15H,2-7,18H2,1H3. The lowest BCUT2D eigenvalue weighted by Gasteiger charge is -2.17. The van der Waals surface area contributed by atoms with Crippen molar-refractivity contribution in [1.29, 1.82) is 0 Å². The van der Waals surface area contributed by atoms with Gasteiger partial charge in [0.05, 0.1) is 0 Å². The van der Waals surface area contributed by atoms with Crippen LogP contribution in [-0.2, 0) is 0 Å². The van der Waals surface area contributed by atoms with Gasteiger partial charge in [-0.05, 0) is 48.9 Å². The summed E-state index contributed by atoms with van der Waals surface area (Å²) in [7, 11) is 0. The Kier molecular flexibility index (Phi) is 5.28. The highest BCUT2D eigenvalue weighted by atomic mass is 79.9. The van der Waals surface area contributed by atoms with E-state index in [4.69, 9.17) is 5.73 Å².